The second-order valence-corrected chi connectivity index (χ2v) is 5.06. The number of halogens is 1. The summed E-state index contributed by atoms with van der Waals surface area (Å²) < 4.78 is 7.54. The molecule has 1 saturated heterocycles. The second kappa shape index (κ2) is 5.71. The number of piperazine rings is 1. The minimum atomic E-state index is 0.0586. The van der Waals surface area contributed by atoms with Gasteiger partial charge in [0.2, 0.25) is 5.91 Å². The summed E-state index contributed by atoms with van der Waals surface area (Å²) >= 11 is 3.37. The molecule has 0 N–H and O–H groups in total. The van der Waals surface area contributed by atoms with Gasteiger partial charge in [-0.25, -0.2) is 0 Å². The van der Waals surface area contributed by atoms with E-state index in [2.05, 4.69) is 25.9 Å². The Morgan fingerprint density at radius 1 is 1.44 bits per heavy atom. The molecule has 1 aliphatic heterocycles. The van der Waals surface area contributed by atoms with Crippen LogP contribution in [0, 0.1) is 0 Å². The zero-order valence-corrected chi connectivity index (χ0v) is 12.2. The van der Waals surface area contributed by atoms with E-state index < -0.39 is 0 Å². The zero-order chi connectivity index (χ0) is 13.1. The number of nitrogens with zero attached hydrogens (tertiary/aromatic N) is 4. The molecular weight excluding hydrogens is 300 g/mol. The summed E-state index contributed by atoms with van der Waals surface area (Å²) in [5.41, 5.74) is 0. The average molecular weight is 317 g/mol. The van der Waals surface area contributed by atoms with Gasteiger partial charge in [0, 0.05) is 46.4 Å². The van der Waals surface area contributed by atoms with Gasteiger partial charge in [-0.2, -0.15) is 5.10 Å². The van der Waals surface area contributed by atoms with Crippen LogP contribution in [0.25, 0.3) is 0 Å². The Balaban J connectivity index is 1.94. The van der Waals surface area contributed by atoms with Crippen LogP contribution in [-0.2, 0) is 16.6 Å². The Morgan fingerprint density at radius 3 is 2.61 bits per heavy atom. The second-order valence-electron chi connectivity index (χ2n) is 4.25. The van der Waals surface area contributed by atoms with E-state index in [0.29, 0.717) is 0 Å². The Hall–Kier alpha value is -1.08. The van der Waals surface area contributed by atoms with E-state index in [-0.39, 0.29) is 12.5 Å². The first-order valence-corrected chi connectivity index (χ1v) is 6.62. The highest BCUT2D eigenvalue weighted by atomic mass is 79.9. The first kappa shape index (κ1) is 13.4. The fraction of sp³-hybridized carbons (Fsp3) is 0.636. The van der Waals surface area contributed by atoms with Crippen molar-refractivity contribution in [2.75, 3.05) is 44.8 Å². The molecule has 0 atom stereocenters. The predicted molar refractivity (Wildman–Crippen MR) is 71.6 cm³/mol. The molecule has 0 saturated carbocycles. The number of hydrogen-bond acceptors (Lipinski definition) is 4. The molecule has 7 heteroatoms. The highest BCUT2D eigenvalue weighted by molar-refractivity contribution is 9.10. The maximum absolute atomic E-state index is 11.7. The molecule has 100 valence electrons. The lowest BCUT2D eigenvalue weighted by Gasteiger charge is -2.35. The normalized spacial score (nSPS) is 16.2. The van der Waals surface area contributed by atoms with E-state index in [1.165, 1.54) is 0 Å². The van der Waals surface area contributed by atoms with Gasteiger partial charge >= 0.3 is 0 Å². The fourth-order valence-electron chi connectivity index (χ4n) is 2.12. The summed E-state index contributed by atoms with van der Waals surface area (Å²) in [5, 5.41) is 4.26. The molecule has 0 bridgehead atoms. The van der Waals surface area contributed by atoms with Gasteiger partial charge in [0.05, 0.1) is 0 Å². The number of ether oxygens (including phenoxy) is 1. The first-order chi connectivity index (χ1) is 8.61. The quantitative estimate of drug-likeness (QED) is 0.814. The van der Waals surface area contributed by atoms with E-state index in [1.807, 2.05) is 22.7 Å². The van der Waals surface area contributed by atoms with Crippen molar-refractivity contribution in [2.24, 2.45) is 7.05 Å². The third-order valence-electron chi connectivity index (χ3n) is 3.05. The molecule has 0 spiro atoms. The zero-order valence-electron chi connectivity index (χ0n) is 10.6. The molecule has 2 heterocycles. The summed E-state index contributed by atoms with van der Waals surface area (Å²) in [6.45, 7) is 3.26. The number of hydrogen-bond donors (Lipinski definition) is 0. The van der Waals surface area contributed by atoms with Crippen LogP contribution in [0.2, 0.25) is 0 Å². The van der Waals surface area contributed by atoms with Crippen LogP contribution < -0.4 is 4.90 Å². The standard InChI is InChI=1S/C11H17BrN4O2/c1-14-10(7-9(12)13-14)15-3-5-16(6-4-15)11(17)8-18-2/h7H,3-6,8H2,1-2H3. The molecule has 18 heavy (non-hydrogen) atoms. The van der Waals surface area contributed by atoms with Gasteiger partial charge in [-0.1, -0.05) is 0 Å². The minimum Gasteiger partial charge on any atom is -0.375 e. The molecule has 0 unspecified atom stereocenters. The minimum absolute atomic E-state index is 0.0586. The number of anilines is 1. The number of carbonyl (C=O) groups is 1. The molecule has 6 nitrogen and oxygen atoms in total. The van der Waals surface area contributed by atoms with Crippen molar-refractivity contribution in [1.29, 1.82) is 0 Å². The lowest BCUT2D eigenvalue weighted by Crippen LogP contribution is -2.50. The van der Waals surface area contributed by atoms with Crippen molar-refractivity contribution in [3.63, 3.8) is 0 Å². The van der Waals surface area contributed by atoms with Gasteiger partial charge in [0.1, 0.15) is 17.0 Å². The summed E-state index contributed by atoms with van der Waals surface area (Å²) in [4.78, 5) is 15.7. The lowest BCUT2D eigenvalue weighted by molar-refractivity contribution is -0.135. The van der Waals surface area contributed by atoms with E-state index in [1.54, 1.807) is 7.11 Å². The highest BCUT2D eigenvalue weighted by Crippen LogP contribution is 2.20. The molecule has 1 aromatic heterocycles. The number of aromatic nitrogens is 2. The van der Waals surface area contributed by atoms with E-state index in [4.69, 9.17) is 4.74 Å². The van der Waals surface area contributed by atoms with Crippen molar-refractivity contribution in [1.82, 2.24) is 14.7 Å². The van der Waals surface area contributed by atoms with E-state index >= 15 is 0 Å². The Labute approximate surface area is 115 Å². The maximum Gasteiger partial charge on any atom is 0.248 e. The third-order valence-corrected chi connectivity index (χ3v) is 3.44. The number of amides is 1. The molecule has 1 aromatic rings. The summed E-state index contributed by atoms with van der Waals surface area (Å²) in [6.07, 6.45) is 0. The smallest absolute Gasteiger partial charge is 0.248 e. The van der Waals surface area contributed by atoms with Crippen LogP contribution in [0.4, 0.5) is 5.82 Å². The molecule has 0 radical (unpaired) electrons. The van der Waals surface area contributed by atoms with Crippen molar-refractivity contribution < 1.29 is 9.53 Å². The first-order valence-electron chi connectivity index (χ1n) is 5.83. The summed E-state index contributed by atoms with van der Waals surface area (Å²) in [7, 11) is 3.46. The van der Waals surface area contributed by atoms with Gasteiger partial charge in [-0.15, -0.1) is 0 Å². The predicted octanol–water partition coefficient (Wildman–Crippen LogP) is 0.478. The topological polar surface area (TPSA) is 50.6 Å². The fourth-order valence-corrected chi connectivity index (χ4v) is 2.56. The summed E-state index contributed by atoms with van der Waals surface area (Å²) in [6, 6.07) is 1.99. The van der Waals surface area contributed by atoms with Gasteiger partial charge in [-0.05, 0) is 15.9 Å². The van der Waals surface area contributed by atoms with Crippen LogP contribution in [-0.4, -0.2) is 60.5 Å². The third kappa shape index (κ3) is 2.84. The molecule has 1 fully saturated rings. The van der Waals surface area contributed by atoms with Crippen LogP contribution in [0.5, 0.6) is 0 Å². The van der Waals surface area contributed by atoms with Crippen LogP contribution >= 0.6 is 15.9 Å². The molecule has 2 rings (SSSR count). The molecule has 0 aliphatic carbocycles. The van der Waals surface area contributed by atoms with Gasteiger partial charge < -0.3 is 14.5 Å². The highest BCUT2D eigenvalue weighted by Gasteiger charge is 2.22. The van der Waals surface area contributed by atoms with E-state index in [9.17, 15) is 4.79 Å². The van der Waals surface area contributed by atoms with Gasteiger partial charge in [0.25, 0.3) is 0 Å². The van der Waals surface area contributed by atoms with Crippen molar-refractivity contribution in [3.8, 4) is 0 Å². The summed E-state index contributed by atoms with van der Waals surface area (Å²) in [5.74, 6) is 1.13. The molecule has 1 aliphatic rings. The van der Waals surface area contributed by atoms with Crippen molar-refractivity contribution in [2.45, 2.75) is 0 Å². The van der Waals surface area contributed by atoms with Crippen molar-refractivity contribution in [3.05, 3.63) is 10.7 Å². The number of methoxy groups -OCH3 is 1. The Morgan fingerprint density at radius 2 is 2.11 bits per heavy atom. The average Bonchev–Trinajstić information content (AvgIpc) is 2.69. The van der Waals surface area contributed by atoms with Crippen molar-refractivity contribution >= 4 is 27.7 Å². The van der Waals surface area contributed by atoms with Gasteiger partial charge in [0.15, 0.2) is 0 Å². The van der Waals surface area contributed by atoms with Crippen LogP contribution in [0.3, 0.4) is 0 Å². The number of rotatable bonds is 3. The SMILES string of the molecule is COCC(=O)N1CCN(c2cc(Br)nn2C)CC1. The molecule has 0 aromatic carbocycles. The van der Waals surface area contributed by atoms with Crippen LogP contribution in [0.15, 0.2) is 10.7 Å². The Kier molecular flexibility index (Phi) is 4.23. The van der Waals surface area contributed by atoms with Crippen LogP contribution in [0.1, 0.15) is 0 Å². The Bertz CT molecular complexity index is 427. The molecule has 1 amide bonds. The van der Waals surface area contributed by atoms with E-state index in [0.717, 1.165) is 36.6 Å². The number of carbonyl (C=O) groups excluding carboxylic acids is 1. The maximum atomic E-state index is 11.7. The van der Waals surface area contributed by atoms with Gasteiger partial charge in [-0.3, -0.25) is 9.48 Å². The largest absolute Gasteiger partial charge is 0.375 e. The lowest BCUT2D eigenvalue weighted by atomic mass is 10.3. The monoisotopic (exact) mass is 316 g/mol. The number of aryl methyl sites for hydroxylation is 1. The molecular formula is C11H17BrN4O2.